The molecule has 1 heterocycles. The lowest BCUT2D eigenvalue weighted by molar-refractivity contribution is 0.0400. The molecule has 15 heavy (non-hydrogen) atoms. The summed E-state index contributed by atoms with van der Waals surface area (Å²) in [6.07, 6.45) is 6.22. The lowest BCUT2D eigenvalue weighted by Crippen LogP contribution is -2.10. The minimum Gasteiger partial charge on any atom is -0.370 e. The molecule has 1 aromatic heterocycles. The van der Waals surface area contributed by atoms with Gasteiger partial charge in [0, 0.05) is 19.0 Å². The molecule has 0 radical (unpaired) electrons. The van der Waals surface area contributed by atoms with Gasteiger partial charge < -0.3 is 4.74 Å². The number of carbonyl (C=O) groups excluding carboxylic acids is 1. The van der Waals surface area contributed by atoms with E-state index < -0.39 is 0 Å². The van der Waals surface area contributed by atoms with Crippen LogP contribution in [0.4, 0.5) is 0 Å². The van der Waals surface area contributed by atoms with Crippen molar-refractivity contribution in [3.05, 3.63) is 23.8 Å². The molecule has 0 bridgehead atoms. The smallest absolute Gasteiger partial charge is 0.157 e. The molecular formula is C11H14N2O2. The first-order chi connectivity index (χ1) is 7.35. The van der Waals surface area contributed by atoms with Gasteiger partial charge in [0.1, 0.15) is 6.10 Å². The van der Waals surface area contributed by atoms with Crippen molar-refractivity contribution in [2.75, 3.05) is 6.61 Å². The molecule has 0 amide bonds. The third-order valence-electron chi connectivity index (χ3n) is 2.48. The Balaban J connectivity index is 2.14. The number of aldehydes is 1. The Kier molecular flexibility index (Phi) is 3.06. The predicted molar refractivity (Wildman–Crippen MR) is 54.5 cm³/mol. The normalized spacial score (nSPS) is 17.4. The number of hydrogen-bond acceptors (Lipinski definition) is 4. The molecule has 1 saturated carbocycles. The summed E-state index contributed by atoms with van der Waals surface area (Å²) >= 11 is 0. The average Bonchev–Trinajstić information content (AvgIpc) is 3.10. The van der Waals surface area contributed by atoms with Crippen LogP contribution in [-0.2, 0) is 4.74 Å². The fourth-order valence-corrected chi connectivity index (χ4v) is 1.56. The van der Waals surface area contributed by atoms with Crippen LogP contribution in [0.25, 0.3) is 0 Å². The maximum Gasteiger partial charge on any atom is 0.157 e. The van der Waals surface area contributed by atoms with Gasteiger partial charge in [-0.2, -0.15) is 0 Å². The van der Waals surface area contributed by atoms with E-state index in [1.165, 1.54) is 12.8 Å². The molecule has 1 aromatic rings. The number of ether oxygens (including phenoxy) is 1. The van der Waals surface area contributed by atoms with Crippen LogP contribution in [0.15, 0.2) is 12.4 Å². The van der Waals surface area contributed by atoms with Crippen molar-refractivity contribution < 1.29 is 9.53 Å². The lowest BCUT2D eigenvalue weighted by atomic mass is 10.2. The SMILES string of the molecule is CCOC(c1ncc(C=O)cn1)C1CC1. The first-order valence-electron chi connectivity index (χ1n) is 5.24. The van der Waals surface area contributed by atoms with Crippen LogP contribution in [0, 0.1) is 5.92 Å². The molecule has 4 nitrogen and oxygen atoms in total. The third-order valence-corrected chi connectivity index (χ3v) is 2.48. The first-order valence-corrected chi connectivity index (χ1v) is 5.24. The maximum absolute atomic E-state index is 10.4. The van der Waals surface area contributed by atoms with Crippen LogP contribution in [-0.4, -0.2) is 22.9 Å². The second-order valence-corrected chi connectivity index (χ2v) is 3.71. The van der Waals surface area contributed by atoms with Crippen molar-refractivity contribution in [2.24, 2.45) is 5.92 Å². The standard InChI is InChI=1S/C11H14N2O2/c1-2-15-10(9-3-4-9)11-12-5-8(7-14)6-13-11/h5-7,9-10H,2-4H2,1H3. The molecule has 80 valence electrons. The summed E-state index contributed by atoms with van der Waals surface area (Å²) in [7, 11) is 0. The van der Waals surface area contributed by atoms with Crippen LogP contribution in [0.3, 0.4) is 0 Å². The minimum absolute atomic E-state index is 0.00991. The van der Waals surface area contributed by atoms with E-state index in [0.717, 1.165) is 6.29 Å². The summed E-state index contributed by atoms with van der Waals surface area (Å²) in [5.41, 5.74) is 0.504. The van der Waals surface area contributed by atoms with Gasteiger partial charge >= 0.3 is 0 Å². The number of rotatable bonds is 5. The van der Waals surface area contributed by atoms with E-state index >= 15 is 0 Å². The summed E-state index contributed by atoms with van der Waals surface area (Å²) in [5, 5.41) is 0. The Hall–Kier alpha value is -1.29. The molecular weight excluding hydrogens is 192 g/mol. The van der Waals surface area contributed by atoms with E-state index in [9.17, 15) is 4.79 Å². The zero-order valence-electron chi connectivity index (χ0n) is 8.72. The van der Waals surface area contributed by atoms with Gasteiger partial charge in [-0.05, 0) is 25.7 Å². The van der Waals surface area contributed by atoms with Crippen molar-refractivity contribution in [3.63, 3.8) is 0 Å². The van der Waals surface area contributed by atoms with Crippen LogP contribution < -0.4 is 0 Å². The summed E-state index contributed by atoms with van der Waals surface area (Å²) < 4.78 is 5.61. The molecule has 1 aliphatic rings. The zero-order valence-corrected chi connectivity index (χ0v) is 8.72. The molecule has 0 spiro atoms. The highest BCUT2D eigenvalue weighted by Crippen LogP contribution is 2.41. The average molecular weight is 206 g/mol. The van der Waals surface area contributed by atoms with Gasteiger partial charge in [-0.15, -0.1) is 0 Å². The van der Waals surface area contributed by atoms with Gasteiger partial charge in [-0.25, -0.2) is 9.97 Å². The molecule has 0 aliphatic heterocycles. The molecule has 0 saturated heterocycles. The van der Waals surface area contributed by atoms with E-state index in [1.54, 1.807) is 12.4 Å². The quantitative estimate of drug-likeness (QED) is 0.689. The molecule has 0 aromatic carbocycles. The summed E-state index contributed by atoms with van der Waals surface area (Å²) in [5.74, 6) is 1.26. The number of aromatic nitrogens is 2. The molecule has 4 heteroatoms. The molecule has 2 rings (SSSR count). The second kappa shape index (κ2) is 4.49. The van der Waals surface area contributed by atoms with Gasteiger partial charge in [0.2, 0.25) is 0 Å². The number of nitrogens with zero attached hydrogens (tertiary/aromatic N) is 2. The largest absolute Gasteiger partial charge is 0.370 e. The molecule has 1 unspecified atom stereocenters. The summed E-state index contributed by atoms with van der Waals surface area (Å²) in [6, 6.07) is 0. The van der Waals surface area contributed by atoms with Gasteiger partial charge in [0.25, 0.3) is 0 Å². The fourth-order valence-electron chi connectivity index (χ4n) is 1.56. The minimum atomic E-state index is 0.00991. The Morgan fingerprint density at radius 2 is 2.20 bits per heavy atom. The van der Waals surface area contributed by atoms with E-state index in [2.05, 4.69) is 9.97 Å². The van der Waals surface area contributed by atoms with Gasteiger partial charge in [0.15, 0.2) is 12.1 Å². The summed E-state index contributed by atoms with van der Waals surface area (Å²) in [6.45, 7) is 2.63. The van der Waals surface area contributed by atoms with Gasteiger partial charge in [-0.1, -0.05) is 0 Å². The third kappa shape index (κ3) is 2.39. The van der Waals surface area contributed by atoms with Gasteiger partial charge in [0.05, 0.1) is 5.56 Å². The highest BCUT2D eigenvalue weighted by Gasteiger charge is 2.34. The Morgan fingerprint density at radius 1 is 1.53 bits per heavy atom. The monoisotopic (exact) mass is 206 g/mol. The number of hydrogen-bond donors (Lipinski definition) is 0. The van der Waals surface area contributed by atoms with E-state index in [1.807, 2.05) is 6.92 Å². The predicted octanol–water partition coefficient (Wildman–Crippen LogP) is 1.78. The highest BCUT2D eigenvalue weighted by molar-refractivity contribution is 5.73. The Labute approximate surface area is 88.7 Å². The topological polar surface area (TPSA) is 52.1 Å². The number of carbonyl (C=O) groups is 1. The van der Waals surface area contributed by atoms with E-state index in [4.69, 9.17) is 4.74 Å². The Bertz CT molecular complexity index is 333. The van der Waals surface area contributed by atoms with Crippen molar-refractivity contribution in [1.29, 1.82) is 0 Å². The molecule has 0 N–H and O–H groups in total. The van der Waals surface area contributed by atoms with Crippen molar-refractivity contribution in [2.45, 2.75) is 25.9 Å². The summed E-state index contributed by atoms with van der Waals surface area (Å²) in [4.78, 5) is 18.8. The maximum atomic E-state index is 10.4. The fraction of sp³-hybridized carbons (Fsp3) is 0.545. The van der Waals surface area contributed by atoms with Gasteiger partial charge in [-0.3, -0.25) is 4.79 Å². The first kappa shape index (κ1) is 10.2. The van der Waals surface area contributed by atoms with Crippen molar-refractivity contribution in [1.82, 2.24) is 9.97 Å². The van der Waals surface area contributed by atoms with Crippen LogP contribution in [0.2, 0.25) is 0 Å². The van der Waals surface area contributed by atoms with Crippen molar-refractivity contribution in [3.8, 4) is 0 Å². The second-order valence-electron chi connectivity index (χ2n) is 3.71. The van der Waals surface area contributed by atoms with E-state index in [-0.39, 0.29) is 6.10 Å². The molecule has 1 aliphatic carbocycles. The van der Waals surface area contributed by atoms with Crippen LogP contribution in [0.1, 0.15) is 42.1 Å². The molecule has 1 fully saturated rings. The van der Waals surface area contributed by atoms with Crippen LogP contribution >= 0.6 is 0 Å². The lowest BCUT2D eigenvalue weighted by Gasteiger charge is -2.14. The zero-order chi connectivity index (χ0) is 10.7. The molecule has 1 atom stereocenters. The Morgan fingerprint density at radius 3 is 2.67 bits per heavy atom. The van der Waals surface area contributed by atoms with E-state index in [0.29, 0.717) is 23.9 Å². The van der Waals surface area contributed by atoms with Crippen molar-refractivity contribution >= 4 is 6.29 Å². The van der Waals surface area contributed by atoms with Crippen LogP contribution in [0.5, 0.6) is 0 Å². The highest BCUT2D eigenvalue weighted by atomic mass is 16.5.